The van der Waals surface area contributed by atoms with Gasteiger partial charge < -0.3 is 10.2 Å². The topological polar surface area (TPSA) is 15.3 Å². The highest BCUT2D eigenvalue weighted by atomic mass is 15.1. The van der Waals surface area contributed by atoms with Crippen molar-refractivity contribution >= 4 is 0 Å². The number of rotatable bonds is 4. The van der Waals surface area contributed by atoms with Crippen LogP contribution in [0.5, 0.6) is 0 Å². The van der Waals surface area contributed by atoms with E-state index in [1.807, 2.05) is 0 Å². The molecule has 2 fully saturated rings. The van der Waals surface area contributed by atoms with E-state index in [0.29, 0.717) is 0 Å². The Kier molecular flexibility index (Phi) is 5.50. The zero-order valence-electron chi connectivity index (χ0n) is 12.6. The lowest BCUT2D eigenvalue weighted by atomic mass is 9.81. The summed E-state index contributed by atoms with van der Waals surface area (Å²) in [5, 5.41) is 3.43. The summed E-state index contributed by atoms with van der Waals surface area (Å²) in [4.78, 5) is 2.68. The van der Waals surface area contributed by atoms with Crippen molar-refractivity contribution in [2.75, 3.05) is 20.6 Å². The van der Waals surface area contributed by atoms with Crippen LogP contribution in [0, 0.1) is 11.8 Å². The minimum atomic E-state index is 0.782. The van der Waals surface area contributed by atoms with Gasteiger partial charge in [0.2, 0.25) is 0 Å². The van der Waals surface area contributed by atoms with Gasteiger partial charge in [0.15, 0.2) is 0 Å². The predicted octanol–water partition coefficient (Wildman–Crippen LogP) is 3.28. The molecule has 18 heavy (non-hydrogen) atoms. The molecular formula is C16H32N2. The molecule has 0 radical (unpaired) electrons. The largest absolute Gasteiger partial charge is 0.317 e. The normalized spacial score (nSPS) is 38.0. The number of hydrogen-bond donors (Lipinski definition) is 1. The van der Waals surface area contributed by atoms with Crippen LogP contribution in [0.1, 0.15) is 58.3 Å². The van der Waals surface area contributed by atoms with E-state index in [0.717, 1.165) is 23.9 Å². The van der Waals surface area contributed by atoms with E-state index >= 15 is 0 Å². The third-order valence-corrected chi connectivity index (χ3v) is 5.32. The summed E-state index contributed by atoms with van der Waals surface area (Å²) < 4.78 is 0. The second-order valence-electron chi connectivity index (χ2n) is 6.87. The lowest BCUT2D eigenvalue weighted by Gasteiger charge is -2.38. The summed E-state index contributed by atoms with van der Waals surface area (Å²) in [5.41, 5.74) is 0. The molecule has 0 aliphatic heterocycles. The predicted molar refractivity (Wildman–Crippen MR) is 78.9 cm³/mol. The Hall–Kier alpha value is -0.0800. The first kappa shape index (κ1) is 14.3. The van der Waals surface area contributed by atoms with Crippen molar-refractivity contribution in [3.63, 3.8) is 0 Å². The van der Waals surface area contributed by atoms with Crippen LogP contribution in [0.4, 0.5) is 0 Å². The molecule has 0 aromatic heterocycles. The molecule has 2 nitrogen and oxygen atoms in total. The molecule has 0 spiro atoms. The van der Waals surface area contributed by atoms with Crippen LogP contribution in [0.25, 0.3) is 0 Å². The highest BCUT2D eigenvalue weighted by Gasteiger charge is 2.26. The van der Waals surface area contributed by atoms with Gasteiger partial charge in [-0.05, 0) is 64.5 Å². The molecular weight excluding hydrogens is 220 g/mol. The zero-order chi connectivity index (χ0) is 13.0. The Morgan fingerprint density at radius 1 is 1.06 bits per heavy atom. The minimum Gasteiger partial charge on any atom is -0.317 e. The molecule has 2 aliphatic rings. The van der Waals surface area contributed by atoms with Crippen molar-refractivity contribution in [3.8, 4) is 0 Å². The van der Waals surface area contributed by atoms with E-state index in [9.17, 15) is 0 Å². The first-order valence-electron chi connectivity index (χ1n) is 8.06. The molecule has 0 heterocycles. The smallest absolute Gasteiger partial charge is 0.00934 e. The van der Waals surface area contributed by atoms with Gasteiger partial charge in [0.05, 0.1) is 0 Å². The molecule has 0 saturated heterocycles. The van der Waals surface area contributed by atoms with Crippen LogP contribution in [0.3, 0.4) is 0 Å². The highest BCUT2D eigenvalue weighted by Crippen LogP contribution is 2.30. The van der Waals surface area contributed by atoms with Gasteiger partial charge in [-0.15, -0.1) is 0 Å². The van der Waals surface area contributed by atoms with Gasteiger partial charge >= 0.3 is 0 Å². The molecule has 0 aromatic carbocycles. The summed E-state index contributed by atoms with van der Waals surface area (Å²) in [6, 6.07) is 1.64. The van der Waals surface area contributed by atoms with Crippen LogP contribution in [-0.2, 0) is 0 Å². The van der Waals surface area contributed by atoms with Crippen LogP contribution in [0.2, 0.25) is 0 Å². The summed E-state index contributed by atoms with van der Waals surface area (Å²) in [6.07, 6.45) is 11.4. The average Bonchev–Trinajstić information content (AvgIpc) is 2.39. The van der Waals surface area contributed by atoms with Gasteiger partial charge in [0, 0.05) is 18.6 Å². The van der Waals surface area contributed by atoms with E-state index in [2.05, 4.69) is 31.2 Å². The van der Waals surface area contributed by atoms with E-state index in [1.165, 1.54) is 57.9 Å². The molecule has 0 amide bonds. The fourth-order valence-electron chi connectivity index (χ4n) is 4.09. The Bertz CT molecular complexity index is 233. The number of hydrogen-bond acceptors (Lipinski definition) is 2. The number of nitrogens with one attached hydrogen (secondary N) is 1. The molecule has 2 heteroatoms. The van der Waals surface area contributed by atoms with Crippen molar-refractivity contribution in [1.82, 2.24) is 10.2 Å². The zero-order valence-corrected chi connectivity index (χ0v) is 12.6. The van der Waals surface area contributed by atoms with Gasteiger partial charge in [-0.25, -0.2) is 0 Å². The standard InChI is InChI=1S/C16H32N2/c1-13-5-4-6-14(11-13)12-18(3)16-9-7-15(17-2)8-10-16/h13-17H,4-12H2,1-3H3. The van der Waals surface area contributed by atoms with E-state index in [4.69, 9.17) is 0 Å². The summed E-state index contributed by atoms with van der Waals surface area (Å²) in [5.74, 6) is 1.94. The molecule has 2 aliphatic carbocycles. The molecule has 2 unspecified atom stereocenters. The lowest BCUT2D eigenvalue weighted by Crippen LogP contribution is -2.42. The Morgan fingerprint density at radius 3 is 2.39 bits per heavy atom. The maximum absolute atomic E-state index is 3.43. The Morgan fingerprint density at radius 2 is 1.78 bits per heavy atom. The van der Waals surface area contributed by atoms with Crippen molar-refractivity contribution < 1.29 is 0 Å². The molecule has 0 aromatic rings. The van der Waals surface area contributed by atoms with E-state index < -0.39 is 0 Å². The number of nitrogens with zero attached hydrogens (tertiary/aromatic N) is 1. The second kappa shape index (κ2) is 6.91. The van der Waals surface area contributed by atoms with Crippen molar-refractivity contribution in [2.24, 2.45) is 11.8 Å². The van der Waals surface area contributed by atoms with Gasteiger partial charge in [0.25, 0.3) is 0 Å². The summed E-state index contributed by atoms with van der Waals surface area (Å²) in [6.45, 7) is 3.78. The lowest BCUT2D eigenvalue weighted by molar-refractivity contribution is 0.131. The quantitative estimate of drug-likeness (QED) is 0.826. The third-order valence-electron chi connectivity index (χ3n) is 5.32. The molecule has 2 rings (SSSR count). The molecule has 0 bridgehead atoms. The van der Waals surface area contributed by atoms with Gasteiger partial charge in [-0.2, -0.15) is 0 Å². The van der Waals surface area contributed by atoms with Crippen LogP contribution in [-0.4, -0.2) is 37.6 Å². The van der Waals surface area contributed by atoms with Crippen molar-refractivity contribution in [3.05, 3.63) is 0 Å². The highest BCUT2D eigenvalue weighted by molar-refractivity contribution is 4.82. The summed E-state index contributed by atoms with van der Waals surface area (Å²) in [7, 11) is 4.47. The summed E-state index contributed by atoms with van der Waals surface area (Å²) >= 11 is 0. The van der Waals surface area contributed by atoms with Crippen molar-refractivity contribution in [2.45, 2.75) is 70.4 Å². The molecule has 1 N–H and O–H groups in total. The monoisotopic (exact) mass is 252 g/mol. The molecule has 106 valence electrons. The fourth-order valence-corrected chi connectivity index (χ4v) is 4.09. The molecule has 2 saturated carbocycles. The second-order valence-corrected chi connectivity index (χ2v) is 6.87. The van der Waals surface area contributed by atoms with Crippen LogP contribution >= 0.6 is 0 Å². The van der Waals surface area contributed by atoms with Crippen molar-refractivity contribution in [1.29, 1.82) is 0 Å². The average molecular weight is 252 g/mol. The minimum absolute atomic E-state index is 0.782. The maximum atomic E-state index is 3.43. The van der Waals surface area contributed by atoms with E-state index in [-0.39, 0.29) is 0 Å². The Labute approximate surface area is 114 Å². The first-order valence-corrected chi connectivity index (χ1v) is 8.06. The fraction of sp³-hybridized carbons (Fsp3) is 1.00. The van der Waals surface area contributed by atoms with Gasteiger partial charge in [-0.1, -0.05) is 19.8 Å². The van der Waals surface area contributed by atoms with Gasteiger partial charge in [-0.3, -0.25) is 0 Å². The van der Waals surface area contributed by atoms with Gasteiger partial charge in [0.1, 0.15) is 0 Å². The SMILES string of the molecule is CNC1CCC(N(C)CC2CCCC(C)C2)CC1. The van der Waals surface area contributed by atoms with E-state index in [1.54, 1.807) is 0 Å². The maximum Gasteiger partial charge on any atom is 0.00934 e. The van der Waals surface area contributed by atoms with Crippen LogP contribution in [0.15, 0.2) is 0 Å². The molecule has 2 atom stereocenters. The Balaban J connectivity index is 1.72. The third kappa shape index (κ3) is 3.96. The van der Waals surface area contributed by atoms with Crippen LogP contribution < -0.4 is 5.32 Å². The first-order chi connectivity index (χ1) is 8.69.